The standard InChI is InChI=1S/C15H26N2OS/c1-12(10-16-7-8-18-2)17-11-13-4-3-5-15-14(13)6-9-19-15/h6,9,12-13,16-17H,3-5,7-8,10-11H2,1-2H3. The third-order valence-corrected chi connectivity index (χ3v) is 4.82. The molecule has 1 aliphatic carbocycles. The molecule has 1 heterocycles. The van der Waals surface area contributed by atoms with E-state index in [0.29, 0.717) is 6.04 Å². The monoisotopic (exact) mass is 282 g/mol. The maximum absolute atomic E-state index is 5.03. The van der Waals surface area contributed by atoms with Crippen LogP contribution in [0.1, 0.15) is 36.1 Å². The Morgan fingerprint density at radius 3 is 3.26 bits per heavy atom. The molecular weight excluding hydrogens is 256 g/mol. The van der Waals surface area contributed by atoms with E-state index < -0.39 is 0 Å². The van der Waals surface area contributed by atoms with Crippen molar-refractivity contribution in [2.24, 2.45) is 0 Å². The molecule has 1 aromatic heterocycles. The minimum absolute atomic E-state index is 0.515. The molecule has 2 N–H and O–H groups in total. The number of fused-ring (bicyclic) bond motifs is 1. The summed E-state index contributed by atoms with van der Waals surface area (Å²) in [6, 6.07) is 2.84. The number of rotatable bonds is 8. The number of thiophene rings is 1. The van der Waals surface area contributed by atoms with Gasteiger partial charge >= 0.3 is 0 Å². The van der Waals surface area contributed by atoms with E-state index in [0.717, 1.165) is 32.2 Å². The predicted molar refractivity (Wildman–Crippen MR) is 82.2 cm³/mol. The highest BCUT2D eigenvalue weighted by atomic mass is 32.1. The molecule has 3 nitrogen and oxygen atoms in total. The van der Waals surface area contributed by atoms with Gasteiger partial charge in [0.1, 0.15) is 0 Å². The van der Waals surface area contributed by atoms with E-state index in [2.05, 4.69) is 29.0 Å². The highest BCUT2D eigenvalue weighted by Gasteiger charge is 2.21. The molecule has 2 rings (SSSR count). The van der Waals surface area contributed by atoms with Crippen molar-refractivity contribution in [2.75, 3.05) is 33.4 Å². The molecule has 2 atom stereocenters. The molecule has 0 aromatic carbocycles. The van der Waals surface area contributed by atoms with Crippen molar-refractivity contribution in [1.29, 1.82) is 0 Å². The number of methoxy groups -OCH3 is 1. The van der Waals surface area contributed by atoms with E-state index in [4.69, 9.17) is 4.74 Å². The van der Waals surface area contributed by atoms with Crippen LogP contribution in [-0.2, 0) is 11.2 Å². The number of ether oxygens (including phenoxy) is 1. The maximum atomic E-state index is 5.03. The van der Waals surface area contributed by atoms with Gasteiger partial charge in [0.25, 0.3) is 0 Å². The fourth-order valence-corrected chi connectivity index (χ4v) is 3.71. The number of nitrogens with one attached hydrogen (secondary N) is 2. The minimum Gasteiger partial charge on any atom is -0.383 e. The first kappa shape index (κ1) is 15.0. The molecule has 0 saturated heterocycles. The fourth-order valence-electron chi connectivity index (χ4n) is 2.70. The first-order valence-electron chi connectivity index (χ1n) is 7.30. The molecule has 0 fully saturated rings. The second-order valence-electron chi connectivity index (χ2n) is 5.39. The Morgan fingerprint density at radius 2 is 2.42 bits per heavy atom. The van der Waals surface area contributed by atoms with Crippen molar-refractivity contribution in [3.05, 3.63) is 21.9 Å². The van der Waals surface area contributed by atoms with Crippen molar-refractivity contribution in [2.45, 2.75) is 38.1 Å². The summed E-state index contributed by atoms with van der Waals surface area (Å²) >= 11 is 1.93. The van der Waals surface area contributed by atoms with Crippen molar-refractivity contribution >= 4 is 11.3 Å². The van der Waals surface area contributed by atoms with Crippen LogP contribution in [-0.4, -0.2) is 39.4 Å². The van der Waals surface area contributed by atoms with Crippen LogP contribution in [0.25, 0.3) is 0 Å². The summed E-state index contributed by atoms with van der Waals surface area (Å²) in [5.41, 5.74) is 1.60. The lowest BCUT2D eigenvalue weighted by molar-refractivity contribution is 0.198. The highest BCUT2D eigenvalue weighted by molar-refractivity contribution is 7.10. The van der Waals surface area contributed by atoms with Gasteiger partial charge in [0.05, 0.1) is 6.61 Å². The molecule has 1 aliphatic rings. The van der Waals surface area contributed by atoms with E-state index >= 15 is 0 Å². The smallest absolute Gasteiger partial charge is 0.0587 e. The first-order valence-corrected chi connectivity index (χ1v) is 8.18. The summed E-state index contributed by atoms with van der Waals surface area (Å²) in [4.78, 5) is 1.61. The second kappa shape index (κ2) is 8.00. The predicted octanol–water partition coefficient (Wildman–Crippen LogP) is 2.38. The molecule has 4 heteroatoms. The van der Waals surface area contributed by atoms with Gasteiger partial charge in [-0.3, -0.25) is 0 Å². The molecule has 0 radical (unpaired) electrons. The third kappa shape index (κ3) is 4.56. The van der Waals surface area contributed by atoms with Gasteiger partial charge in [0, 0.05) is 37.7 Å². The van der Waals surface area contributed by atoms with Crippen molar-refractivity contribution in [3.8, 4) is 0 Å². The summed E-state index contributed by atoms with van der Waals surface area (Å²) in [6.45, 7) is 6.08. The van der Waals surface area contributed by atoms with Gasteiger partial charge < -0.3 is 15.4 Å². The Hall–Kier alpha value is -0.420. The molecule has 2 unspecified atom stereocenters. The summed E-state index contributed by atoms with van der Waals surface area (Å²) in [7, 11) is 1.74. The summed E-state index contributed by atoms with van der Waals surface area (Å²) in [6.07, 6.45) is 3.97. The summed E-state index contributed by atoms with van der Waals surface area (Å²) in [5.74, 6) is 0.719. The van der Waals surface area contributed by atoms with Gasteiger partial charge in [-0.1, -0.05) is 0 Å². The minimum atomic E-state index is 0.515. The zero-order valence-electron chi connectivity index (χ0n) is 12.1. The van der Waals surface area contributed by atoms with Crippen LogP contribution in [0.3, 0.4) is 0 Å². The van der Waals surface area contributed by atoms with E-state index in [1.165, 1.54) is 19.3 Å². The lowest BCUT2D eigenvalue weighted by Crippen LogP contribution is -2.39. The van der Waals surface area contributed by atoms with Crippen LogP contribution in [0.5, 0.6) is 0 Å². The normalized spacial score (nSPS) is 20.2. The van der Waals surface area contributed by atoms with Crippen molar-refractivity contribution in [1.82, 2.24) is 10.6 Å². The highest BCUT2D eigenvalue weighted by Crippen LogP contribution is 2.34. The molecule has 0 aliphatic heterocycles. The zero-order chi connectivity index (χ0) is 13.5. The van der Waals surface area contributed by atoms with Crippen LogP contribution >= 0.6 is 11.3 Å². The van der Waals surface area contributed by atoms with E-state index in [-0.39, 0.29) is 0 Å². The Labute approximate surface area is 120 Å². The molecule has 0 amide bonds. The molecule has 108 valence electrons. The Morgan fingerprint density at radius 1 is 1.53 bits per heavy atom. The van der Waals surface area contributed by atoms with Gasteiger partial charge in [-0.2, -0.15) is 0 Å². The van der Waals surface area contributed by atoms with Crippen LogP contribution < -0.4 is 10.6 Å². The van der Waals surface area contributed by atoms with Crippen LogP contribution in [0, 0.1) is 0 Å². The van der Waals surface area contributed by atoms with Crippen LogP contribution in [0.2, 0.25) is 0 Å². The Kier molecular flexibility index (Phi) is 6.31. The van der Waals surface area contributed by atoms with Crippen molar-refractivity contribution < 1.29 is 4.74 Å². The molecule has 1 aromatic rings. The summed E-state index contributed by atoms with van der Waals surface area (Å²) < 4.78 is 5.03. The fraction of sp³-hybridized carbons (Fsp3) is 0.733. The summed E-state index contributed by atoms with van der Waals surface area (Å²) in [5, 5.41) is 9.31. The molecule has 19 heavy (non-hydrogen) atoms. The molecule has 0 saturated carbocycles. The number of hydrogen-bond donors (Lipinski definition) is 2. The molecule has 0 bridgehead atoms. The van der Waals surface area contributed by atoms with E-state index in [1.807, 2.05) is 11.3 Å². The number of hydrogen-bond acceptors (Lipinski definition) is 4. The van der Waals surface area contributed by atoms with Crippen LogP contribution in [0.4, 0.5) is 0 Å². The maximum Gasteiger partial charge on any atom is 0.0587 e. The van der Waals surface area contributed by atoms with E-state index in [9.17, 15) is 0 Å². The van der Waals surface area contributed by atoms with Gasteiger partial charge in [-0.25, -0.2) is 0 Å². The zero-order valence-corrected chi connectivity index (χ0v) is 12.9. The first-order chi connectivity index (χ1) is 9.31. The van der Waals surface area contributed by atoms with Gasteiger partial charge in [0.2, 0.25) is 0 Å². The van der Waals surface area contributed by atoms with E-state index in [1.54, 1.807) is 17.6 Å². The van der Waals surface area contributed by atoms with Gasteiger partial charge in [0.15, 0.2) is 0 Å². The van der Waals surface area contributed by atoms with Crippen molar-refractivity contribution in [3.63, 3.8) is 0 Å². The molecule has 0 spiro atoms. The Balaban J connectivity index is 1.68. The number of aryl methyl sites for hydroxylation is 1. The lowest BCUT2D eigenvalue weighted by atomic mass is 9.87. The average molecular weight is 282 g/mol. The van der Waals surface area contributed by atoms with Gasteiger partial charge in [-0.05, 0) is 49.1 Å². The average Bonchev–Trinajstić information content (AvgIpc) is 2.90. The SMILES string of the molecule is COCCNCC(C)NCC1CCCc2sccc21. The Bertz CT molecular complexity index is 367. The largest absolute Gasteiger partial charge is 0.383 e. The second-order valence-corrected chi connectivity index (χ2v) is 6.40. The third-order valence-electron chi connectivity index (χ3n) is 3.82. The van der Waals surface area contributed by atoms with Gasteiger partial charge in [-0.15, -0.1) is 11.3 Å². The molecular formula is C15H26N2OS. The quantitative estimate of drug-likeness (QED) is 0.718. The topological polar surface area (TPSA) is 33.3 Å². The lowest BCUT2D eigenvalue weighted by Gasteiger charge is -2.25. The van der Waals surface area contributed by atoms with Crippen LogP contribution in [0.15, 0.2) is 11.4 Å².